The fourth-order valence-electron chi connectivity index (χ4n) is 3.20. The molecular weight excluding hydrogens is 436 g/mol. The number of methoxy groups -OCH3 is 1. The van der Waals surface area contributed by atoms with Crippen molar-refractivity contribution in [3.63, 3.8) is 0 Å². The van der Waals surface area contributed by atoms with E-state index in [1.807, 2.05) is 0 Å². The van der Waals surface area contributed by atoms with Gasteiger partial charge in [-0.25, -0.2) is 14.5 Å². The second kappa shape index (κ2) is 8.54. The number of anilines is 1. The van der Waals surface area contributed by atoms with Crippen LogP contribution in [-0.4, -0.2) is 48.9 Å². The summed E-state index contributed by atoms with van der Waals surface area (Å²) in [7, 11) is 1.36. The maximum Gasteiger partial charge on any atom is 0.344 e. The molecule has 0 radical (unpaired) electrons. The number of nitrogens with one attached hydrogen (secondary N) is 1. The van der Waals surface area contributed by atoms with Gasteiger partial charge in [-0.2, -0.15) is 0 Å². The van der Waals surface area contributed by atoms with Crippen LogP contribution in [0.15, 0.2) is 42.0 Å². The summed E-state index contributed by atoms with van der Waals surface area (Å²) < 4.78 is 21.1. The van der Waals surface area contributed by atoms with Crippen molar-refractivity contribution in [3.8, 4) is 23.0 Å². The lowest BCUT2D eigenvalue weighted by molar-refractivity contribution is -0.144. The van der Waals surface area contributed by atoms with E-state index in [4.69, 9.17) is 24.1 Å². The third-order valence-electron chi connectivity index (χ3n) is 4.87. The first-order valence-electron chi connectivity index (χ1n) is 9.67. The molecule has 0 unspecified atom stereocenters. The highest BCUT2D eigenvalue weighted by Crippen LogP contribution is 2.36. The lowest BCUT2D eigenvalue weighted by Gasteiger charge is -2.26. The van der Waals surface area contributed by atoms with Gasteiger partial charge >= 0.3 is 12.0 Å². The van der Waals surface area contributed by atoms with Gasteiger partial charge in [0.05, 0.1) is 12.8 Å². The molecule has 0 aromatic heterocycles. The molecule has 2 aliphatic heterocycles. The number of benzene rings is 2. The predicted molar refractivity (Wildman–Crippen MR) is 112 cm³/mol. The van der Waals surface area contributed by atoms with E-state index in [1.165, 1.54) is 50.4 Å². The van der Waals surface area contributed by atoms with E-state index >= 15 is 0 Å². The van der Waals surface area contributed by atoms with Gasteiger partial charge < -0.3 is 24.1 Å². The normalized spacial score (nSPS) is 17.1. The highest BCUT2D eigenvalue weighted by Gasteiger charge is 2.37. The van der Waals surface area contributed by atoms with Gasteiger partial charge in [0.25, 0.3) is 11.8 Å². The number of hydrogen-bond acceptors (Lipinski definition) is 8. The summed E-state index contributed by atoms with van der Waals surface area (Å²) in [4.78, 5) is 49.7. The average molecular weight is 454 g/mol. The van der Waals surface area contributed by atoms with Gasteiger partial charge in [-0.3, -0.25) is 14.9 Å². The molecule has 0 saturated carbocycles. The number of aliphatic carboxylic acids is 1. The maximum atomic E-state index is 13.1. The largest absolute Gasteiger partial charge is 0.493 e. The van der Waals surface area contributed by atoms with E-state index in [2.05, 4.69) is 5.32 Å². The predicted octanol–water partition coefficient (Wildman–Crippen LogP) is 1.94. The van der Waals surface area contributed by atoms with Crippen LogP contribution in [0.2, 0.25) is 0 Å². The Morgan fingerprint density at radius 2 is 1.88 bits per heavy atom. The van der Waals surface area contributed by atoms with Crippen LogP contribution in [0.1, 0.15) is 12.5 Å². The fraction of sp³-hybridized carbons (Fsp3) is 0.182. The Labute approximate surface area is 187 Å². The summed E-state index contributed by atoms with van der Waals surface area (Å²) in [5, 5.41) is 11.2. The molecule has 2 aliphatic rings. The van der Waals surface area contributed by atoms with E-state index in [-0.39, 0.29) is 29.6 Å². The Hall–Kier alpha value is -4.54. The van der Waals surface area contributed by atoms with Crippen LogP contribution in [0.3, 0.4) is 0 Å². The molecule has 0 bridgehead atoms. The molecule has 0 aliphatic carbocycles. The Morgan fingerprint density at radius 1 is 1.12 bits per heavy atom. The van der Waals surface area contributed by atoms with E-state index < -0.39 is 29.9 Å². The number of carboxylic acid groups (broad SMARTS) is 1. The van der Waals surface area contributed by atoms with Crippen molar-refractivity contribution in [1.29, 1.82) is 0 Å². The molecule has 4 amide bonds. The van der Waals surface area contributed by atoms with Crippen LogP contribution >= 0.6 is 0 Å². The smallest absolute Gasteiger partial charge is 0.344 e. The van der Waals surface area contributed by atoms with Crippen molar-refractivity contribution in [2.45, 2.75) is 13.0 Å². The molecule has 1 atom stereocenters. The number of carboxylic acids is 1. The van der Waals surface area contributed by atoms with Crippen LogP contribution in [0.4, 0.5) is 10.5 Å². The minimum absolute atomic E-state index is 0.0232. The number of ether oxygens (including phenoxy) is 4. The second-order valence-corrected chi connectivity index (χ2v) is 7.00. The Balaban J connectivity index is 1.65. The Bertz CT molecular complexity index is 1200. The monoisotopic (exact) mass is 454 g/mol. The zero-order chi connectivity index (χ0) is 23.7. The van der Waals surface area contributed by atoms with E-state index in [1.54, 1.807) is 6.07 Å². The number of imide groups is 2. The number of rotatable bonds is 6. The number of fused-ring (bicyclic) bond motifs is 1. The molecule has 4 rings (SSSR count). The van der Waals surface area contributed by atoms with Crippen LogP contribution in [0.5, 0.6) is 23.0 Å². The first-order chi connectivity index (χ1) is 15.8. The zero-order valence-corrected chi connectivity index (χ0v) is 17.5. The van der Waals surface area contributed by atoms with Crippen LogP contribution < -0.4 is 29.2 Å². The standard InChI is InChI=1S/C22H18N2O9/c1-11(21(27)28)33-16-5-3-12(8-17(16)30-2)7-14-19(25)23-22(29)24(20(14)26)13-4-6-15-18(9-13)32-10-31-15/h3-9,11H,10H2,1-2H3,(H,27,28)(H,23,25,29)/b14-7+/t11-/m1/s1. The topological polar surface area (TPSA) is 141 Å². The summed E-state index contributed by atoms with van der Waals surface area (Å²) in [5.41, 5.74) is 0.298. The molecule has 2 aromatic carbocycles. The van der Waals surface area contributed by atoms with Gasteiger partial charge in [-0.15, -0.1) is 0 Å². The first-order valence-corrected chi connectivity index (χ1v) is 9.67. The van der Waals surface area contributed by atoms with E-state index in [0.717, 1.165) is 4.90 Å². The van der Waals surface area contributed by atoms with Gasteiger partial charge in [0, 0.05) is 6.07 Å². The molecular formula is C22H18N2O9. The fourth-order valence-corrected chi connectivity index (χ4v) is 3.20. The molecule has 2 heterocycles. The molecule has 33 heavy (non-hydrogen) atoms. The molecule has 1 saturated heterocycles. The number of nitrogens with zero attached hydrogens (tertiary/aromatic N) is 1. The van der Waals surface area contributed by atoms with Crippen LogP contribution in [0, 0.1) is 0 Å². The number of hydrogen-bond donors (Lipinski definition) is 2. The van der Waals surface area contributed by atoms with Gasteiger partial charge in [0.2, 0.25) is 6.79 Å². The molecule has 170 valence electrons. The van der Waals surface area contributed by atoms with Gasteiger partial charge in [-0.1, -0.05) is 6.07 Å². The number of carbonyl (C=O) groups is 4. The molecule has 0 spiro atoms. The summed E-state index contributed by atoms with van der Waals surface area (Å²) in [6.07, 6.45) is 0.173. The highest BCUT2D eigenvalue weighted by molar-refractivity contribution is 6.39. The maximum absolute atomic E-state index is 13.1. The summed E-state index contributed by atoms with van der Waals surface area (Å²) in [5.74, 6) is -1.63. The van der Waals surface area contributed by atoms with Crippen molar-refractivity contribution >= 4 is 35.6 Å². The third kappa shape index (κ3) is 4.15. The quantitative estimate of drug-likeness (QED) is 0.495. The van der Waals surface area contributed by atoms with Crippen LogP contribution in [0.25, 0.3) is 6.08 Å². The number of urea groups is 1. The number of amides is 4. The van der Waals surface area contributed by atoms with Crippen LogP contribution in [-0.2, 0) is 14.4 Å². The molecule has 2 N–H and O–H groups in total. The minimum atomic E-state index is -1.15. The van der Waals surface area contributed by atoms with Crippen molar-refractivity contribution < 1.29 is 43.2 Å². The summed E-state index contributed by atoms with van der Waals surface area (Å²) >= 11 is 0. The Morgan fingerprint density at radius 3 is 2.61 bits per heavy atom. The number of barbiturate groups is 1. The SMILES string of the molecule is COc1cc(/C=C2\C(=O)NC(=O)N(c3ccc4c(c3)OCO4)C2=O)ccc1O[C@H](C)C(=O)O. The van der Waals surface area contributed by atoms with Gasteiger partial charge in [0.15, 0.2) is 29.1 Å². The Kier molecular flexibility index (Phi) is 5.61. The van der Waals surface area contributed by atoms with E-state index in [9.17, 15) is 19.2 Å². The first kappa shape index (κ1) is 21.7. The summed E-state index contributed by atoms with van der Waals surface area (Å²) in [6, 6.07) is 8.06. The lowest BCUT2D eigenvalue weighted by atomic mass is 10.1. The minimum Gasteiger partial charge on any atom is -0.493 e. The second-order valence-electron chi connectivity index (χ2n) is 7.00. The average Bonchev–Trinajstić information content (AvgIpc) is 3.25. The molecule has 2 aromatic rings. The van der Waals surface area contributed by atoms with Crippen molar-refractivity contribution in [2.75, 3.05) is 18.8 Å². The van der Waals surface area contributed by atoms with Crippen molar-refractivity contribution in [3.05, 3.63) is 47.5 Å². The van der Waals surface area contributed by atoms with Crippen molar-refractivity contribution in [1.82, 2.24) is 5.32 Å². The third-order valence-corrected chi connectivity index (χ3v) is 4.87. The lowest BCUT2D eigenvalue weighted by Crippen LogP contribution is -2.54. The molecule has 11 nitrogen and oxygen atoms in total. The molecule has 11 heteroatoms. The van der Waals surface area contributed by atoms with Gasteiger partial charge in [0.1, 0.15) is 5.57 Å². The summed E-state index contributed by atoms with van der Waals surface area (Å²) in [6.45, 7) is 1.39. The van der Waals surface area contributed by atoms with Crippen molar-refractivity contribution in [2.24, 2.45) is 0 Å². The zero-order valence-electron chi connectivity index (χ0n) is 17.5. The van der Waals surface area contributed by atoms with Gasteiger partial charge in [-0.05, 0) is 42.8 Å². The van der Waals surface area contributed by atoms with E-state index in [0.29, 0.717) is 17.1 Å². The molecule has 1 fully saturated rings. The highest BCUT2D eigenvalue weighted by atomic mass is 16.7. The number of carbonyl (C=O) groups excluding carboxylic acids is 3.